The van der Waals surface area contributed by atoms with Crippen LogP contribution in [0.5, 0.6) is 0 Å². The van der Waals surface area contributed by atoms with Gasteiger partial charge in [0.15, 0.2) is 0 Å². The van der Waals surface area contributed by atoms with Crippen LogP contribution in [0.2, 0.25) is 0 Å². The minimum Gasteiger partial charge on any atom is -0.462 e. The molecule has 1 aromatic heterocycles. The van der Waals surface area contributed by atoms with Gasteiger partial charge in [-0.25, -0.2) is 0 Å². The summed E-state index contributed by atoms with van der Waals surface area (Å²) in [7, 11) is -1.48. The third kappa shape index (κ3) is 1.34. The molecule has 0 aliphatic rings. The Kier molecular flexibility index (Phi) is 1.86. The fourth-order valence-corrected chi connectivity index (χ4v) is 1.42. The third-order valence-electron chi connectivity index (χ3n) is 1.98. The second kappa shape index (κ2) is 2.90. The van der Waals surface area contributed by atoms with E-state index in [2.05, 4.69) is 0 Å². The number of hydrogen-bond acceptors (Lipinski definition) is 3. The Morgan fingerprint density at radius 2 is 2.08 bits per heavy atom. The lowest BCUT2D eigenvalue weighted by Crippen LogP contribution is -2.29. The molecule has 13 heavy (non-hydrogen) atoms. The summed E-state index contributed by atoms with van der Waals surface area (Å²) in [5.41, 5.74) is 0.959. The molecule has 0 atom stereocenters. The molecule has 2 N–H and O–H groups in total. The molecule has 4 heteroatoms. The van der Waals surface area contributed by atoms with E-state index < -0.39 is 7.12 Å². The van der Waals surface area contributed by atoms with Crippen LogP contribution in [0.3, 0.4) is 0 Å². The van der Waals surface area contributed by atoms with Gasteiger partial charge < -0.3 is 14.5 Å². The molecular formula is C9H9BO3. The second-order valence-electron chi connectivity index (χ2n) is 3.00. The van der Waals surface area contributed by atoms with Crippen LogP contribution in [0.25, 0.3) is 11.0 Å². The summed E-state index contributed by atoms with van der Waals surface area (Å²) in [5, 5.41) is 18.9. The first-order valence-corrected chi connectivity index (χ1v) is 4.03. The first-order valence-electron chi connectivity index (χ1n) is 4.03. The van der Waals surface area contributed by atoms with Crippen molar-refractivity contribution in [2.75, 3.05) is 0 Å². The van der Waals surface area contributed by atoms with Crippen molar-refractivity contribution in [1.29, 1.82) is 0 Å². The number of benzene rings is 1. The quantitative estimate of drug-likeness (QED) is 0.619. The Morgan fingerprint density at radius 3 is 2.77 bits per heavy atom. The highest BCUT2D eigenvalue weighted by Gasteiger charge is 2.16. The van der Waals surface area contributed by atoms with E-state index in [9.17, 15) is 0 Å². The lowest BCUT2D eigenvalue weighted by molar-refractivity contribution is 0.425. The number of fused-ring (bicyclic) bond motifs is 1. The number of rotatable bonds is 1. The van der Waals surface area contributed by atoms with Gasteiger partial charge in [-0.3, -0.25) is 0 Å². The van der Waals surface area contributed by atoms with Gasteiger partial charge in [0.2, 0.25) is 0 Å². The molecule has 1 aromatic carbocycles. The van der Waals surface area contributed by atoms with Gasteiger partial charge >= 0.3 is 7.12 Å². The number of para-hydroxylation sites is 1. The van der Waals surface area contributed by atoms with Crippen molar-refractivity contribution in [2.24, 2.45) is 0 Å². The summed E-state index contributed by atoms with van der Waals surface area (Å²) in [6.07, 6.45) is 0. The average molecular weight is 176 g/mol. The van der Waals surface area contributed by atoms with Crippen molar-refractivity contribution in [3.05, 3.63) is 30.0 Å². The lowest BCUT2D eigenvalue weighted by atomic mass is 9.79. The van der Waals surface area contributed by atoms with Gasteiger partial charge in [-0.05, 0) is 13.0 Å². The maximum absolute atomic E-state index is 9.03. The molecule has 0 radical (unpaired) electrons. The average Bonchev–Trinajstić information content (AvgIpc) is 2.43. The van der Waals surface area contributed by atoms with Gasteiger partial charge in [0, 0.05) is 10.8 Å². The first kappa shape index (κ1) is 8.35. The number of hydrogen-bond donors (Lipinski definition) is 2. The smallest absolute Gasteiger partial charge is 0.462 e. The van der Waals surface area contributed by atoms with E-state index in [0.29, 0.717) is 11.0 Å². The van der Waals surface area contributed by atoms with Crippen LogP contribution in [0.15, 0.2) is 28.7 Å². The Balaban J connectivity index is 2.75. The molecule has 3 nitrogen and oxygen atoms in total. The van der Waals surface area contributed by atoms with E-state index in [1.165, 1.54) is 0 Å². The minimum atomic E-state index is -1.48. The Hall–Kier alpha value is -1.26. The highest BCUT2D eigenvalue weighted by atomic mass is 16.4. The predicted molar refractivity (Wildman–Crippen MR) is 50.8 cm³/mol. The summed E-state index contributed by atoms with van der Waals surface area (Å²) in [6, 6.07) is 7.14. The molecule has 0 unspecified atom stereocenters. The fraction of sp³-hybridized carbons (Fsp3) is 0.111. The van der Waals surface area contributed by atoms with Gasteiger partial charge in [0.05, 0.1) is 0 Å². The predicted octanol–water partition coefficient (Wildman–Crippen LogP) is 0.421. The Morgan fingerprint density at radius 1 is 1.31 bits per heavy atom. The molecule has 0 aliphatic heterocycles. The topological polar surface area (TPSA) is 53.6 Å². The summed E-state index contributed by atoms with van der Waals surface area (Å²) >= 11 is 0. The van der Waals surface area contributed by atoms with Gasteiger partial charge in [-0.1, -0.05) is 18.2 Å². The maximum atomic E-state index is 9.03. The summed E-state index contributed by atoms with van der Waals surface area (Å²) < 4.78 is 5.34. The van der Waals surface area contributed by atoms with Crippen molar-refractivity contribution in [3.63, 3.8) is 0 Å². The van der Waals surface area contributed by atoms with E-state index >= 15 is 0 Å². The van der Waals surface area contributed by atoms with Crippen LogP contribution >= 0.6 is 0 Å². The molecule has 0 saturated heterocycles. The molecular weight excluding hydrogens is 167 g/mol. The van der Waals surface area contributed by atoms with Gasteiger partial charge in [-0.15, -0.1) is 0 Å². The first-order chi connectivity index (χ1) is 6.18. The van der Waals surface area contributed by atoms with E-state index in [-0.39, 0.29) is 0 Å². The number of aryl methyl sites for hydroxylation is 1. The van der Waals surface area contributed by atoms with Crippen molar-refractivity contribution in [2.45, 2.75) is 6.92 Å². The Labute approximate surface area is 75.8 Å². The highest BCUT2D eigenvalue weighted by molar-refractivity contribution is 6.61. The van der Waals surface area contributed by atoms with Crippen LogP contribution in [0.4, 0.5) is 0 Å². The normalized spacial score (nSPS) is 10.7. The van der Waals surface area contributed by atoms with Crippen LogP contribution in [-0.4, -0.2) is 17.2 Å². The van der Waals surface area contributed by atoms with Crippen molar-refractivity contribution in [3.8, 4) is 0 Å². The molecule has 66 valence electrons. The zero-order chi connectivity index (χ0) is 9.42. The molecule has 0 bridgehead atoms. The summed E-state index contributed by atoms with van der Waals surface area (Å²) in [6.45, 7) is 1.83. The highest BCUT2D eigenvalue weighted by Crippen LogP contribution is 2.16. The zero-order valence-corrected chi connectivity index (χ0v) is 7.19. The third-order valence-corrected chi connectivity index (χ3v) is 1.98. The second-order valence-corrected chi connectivity index (χ2v) is 3.00. The molecule has 0 amide bonds. The van der Waals surface area contributed by atoms with E-state index in [1.807, 2.05) is 19.1 Å². The lowest BCUT2D eigenvalue weighted by Gasteiger charge is -1.98. The van der Waals surface area contributed by atoms with Gasteiger partial charge in [0.1, 0.15) is 11.3 Å². The molecule has 0 saturated carbocycles. The molecule has 2 rings (SSSR count). The van der Waals surface area contributed by atoms with Crippen LogP contribution in [0.1, 0.15) is 5.76 Å². The Bertz CT molecular complexity index is 433. The van der Waals surface area contributed by atoms with Crippen molar-refractivity contribution < 1.29 is 14.5 Å². The number of furan rings is 1. The largest absolute Gasteiger partial charge is 0.492 e. The minimum absolute atomic E-state index is 0.408. The van der Waals surface area contributed by atoms with E-state index in [4.69, 9.17) is 14.5 Å². The van der Waals surface area contributed by atoms with Gasteiger partial charge in [0.25, 0.3) is 0 Å². The van der Waals surface area contributed by atoms with E-state index in [0.717, 1.165) is 11.1 Å². The van der Waals surface area contributed by atoms with Crippen molar-refractivity contribution in [1.82, 2.24) is 0 Å². The molecule has 0 aliphatic carbocycles. The van der Waals surface area contributed by atoms with Crippen molar-refractivity contribution >= 4 is 23.6 Å². The van der Waals surface area contributed by atoms with E-state index in [1.54, 1.807) is 12.1 Å². The standard InChI is InChI=1S/C9H9BO3/c1-6-5-7-3-2-4-8(10(11)12)9(7)13-6/h2-5,11-12H,1H3. The maximum Gasteiger partial charge on any atom is 0.492 e. The zero-order valence-electron chi connectivity index (χ0n) is 7.19. The van der Waals surface area contributed by atoms with Crippen LogP contribution < -0.4 is 5.46 Å². The monoisotopic (exact) mass is 176 g/mol. The summed E-state index contributed by atoms with van der Waals surface area (Å²) in [4.78, 5) is 0. The van der Waals surface area contributed by atoms with Crippen LogP contribution in [-0.2, 0) is 0 Å². The SMILES string of the molecule is Cc1cc2cccc(B(O)O)c2o1. The molecule has 0 spiro atoms. The molecule has 2 aromatic rings. The fourth-order valence-electron chi connectivity index (χ4n) is 1.42. The van der Waals surface area contributed by atoms with Crippen LogP contribution in [0, 0.1) is 6.92 Å². The molecule has 1 heterocycles. The van der Waals surface area contributed by atoms with Gasteiger partial charge in [-0.2, -0.15) is 0 Å². The summed E-state index contributed by atoms with van der Waals surface area (Å²) in [5.74, 6) is 0.767. The molecule has 0 fully saturated rings.